The third kappa shape index (κ3) is 6.09. The van der Waals surface area contributed by atoms with Gasteiger partial charge in [0.05, 0.1) is 40.0 Å². The Bertz CT molecular complexity index is 1830. The van der Waals surface area contributed by atoms with Crippen LogP contribution in [0.2, 0.25) is 0 Å². The summed E-state index contributed by atoms with van der Waals surface area (Å²) < 4.78 is 34.2. The van der Waals surface area contributed by atoms with Gasteiger partial charge in [0.15, 0.2) is 16.9 Å². The van der Waals surface area contributed by atoms with Gasteiger partial charge in [0, 0.05) is 23.3 Å². The Labute approximate surface area is 257 Å². The molecule has 0 saturated carbocycles. The predicted molar refractivity (Wildman–Crippen MR) is 168 cm³/mol. The lowest BCUT2D eigenvalue weighted by Gasteiger charge is -2.15. The molecule has 1 N–H and O–H groups in total. The molecule has 0 atom stereocenters. The van der Waals surface area contributed by atoms with Gasteiger partial charge in [-0.3, -0.25) is 19.7 Å². The minimum Gasteiger partial charge on any atom is -0.496 e. The molecule has 1 fully saturated rings. The summed E-state index contributed by atoms with van der Waals surface area (Å²) >= 11 is 0.893. The zero-order chi connectivity index (χ0) is 31.4. The van der Waals surface area contributed by atoms with Crippen LogP contribution >= 0.6 is 11.8 Å². The predicted octanol–water partition coefficient (Wildman–Crippen LogP) is 6.22. The molecule has 0 bridgehead atoms. The number of ether oxygens (including phenoxy) is 5. The number of carbonyl (C=O) groups is 2. The average Bonchev–Trinajstić information content (AvgIpc) is 3.39. The minimum absolute atomic E-state index is 0.212. The van der Waals surface area contributed by atoms with Crippen molar-refractivity contribution in [2.24, 2.45) is 0 Å². The molecule has 2 amide bonds. The van der Waals surface area contributed by atoms with Gasteiger partial charge in [0.1, 0.15) is 34.0 Å². The molecule has 0 aliphatic carbocycles. The molecule has 10 nitrogen and oxygen atoms in total. The summed E-state index contributed by atoms with van der Waals surface area (Å²) in [7, 11) is 6.12. The molecule has 11 heteroatoms. The average molecular weight is 618 g/mol. The monoisotopic (exact) mass is 617 g/mol. The zero-order valence-corrected chi connectivity index (χ0v) is 25.7. The van der Waals surface area contributed by atoms with Crippen molar-refractivity contribution in [3.63, 3.8) is 0 Å². The number of methoxy groups -OCH3 is 4. The maximum Gasteiger partial charge on any atom is 0.290 e. The highest BCUT2D eigenvalue weighted by molar-refractivity contribution is 8.18. The molecule has 0 radical (unpaired) electrons. The molecule has 1 aliphatic rings. The number of hydrogen-bond donors (Lipinski definition) is 1. The smallest absolute Gasteiger partial charge is 0.290 e. The van der Waals surface area contributed by atoms with Crippen molar-refractivity contribution in [2.45, 2.75) is 19.8 Å². The SMILES string of the molecule is COc1cc(OC)c2c(=O)c(CCCOc3ccc(/C(C)=C4\SC(=O)NC4=O)cc3)c(-c3ccc(OC)c(OC)c3)oc2c1. The standard InChI is InChI=1S/C33H31NO9S/c1-18(31-32(36)34-33(37)44-31)19-8-11-21(12-9-19)42-14-6-7-23-29(35)28-26(41-5)16-22(38-2)17-27(28)43-30(23)20-10-13-24(39-3)25(15-20)40-4/h8-13,15-17H,6-7,14H2,1-5H3,(H,34,36,37)/b31-18-. The van der Waals surface area contributed by atoms with Crippen LogP contribution in [0, 0.1) is 0 Å². The summed E-state index contributed by atoms with van der Waals surface area (Å²) in [5, 5.41) is 2.22. The number of carbonyl (C=O) groups excluding carboxylic acids is 2. The van der Waals surface area contributed by atoms with E-state index in [0.717, 1.165) is 17.3 Å². The van der Waals surface area contributed by atoms with Crippen molar-refractivity contribution in [2.75, 3.05) is 35.0 Å². The van der Waals surface area contributed by atoms with Crippen LogP contribution in [-0.2, 0) is 11.2 Å². The molecular formula is C33H31NO9S. The number of imide groups is 1. The molecular weight excluding hydrogens is 586 g/mol. The van der Waals surface area contributed by atoms with Gasteiger partial charge in [0.25, 0.3) is 11.1 Å². The molecule has 1 saturated heterocycles. The topological polar surface area (TPSA) is 123 Å². The van der Waals surface area contributed by atoms with Gasteiger partial charge in [-0.25, -0.2) is 0 Å². The second kappa shape index (κ2) is 13.2. The van der Waals surface area contributed by atoms with Crippen molar-refractivity contribution in [3.05, 3.63) is 80.9 Å². The van der Waals surface area contributed by atoms with E-state index in [0.29, 0.717) is 86.5 Å². The Morgan fingerprint density at radius 3 is 2.18 bits per heavy atom. The van der Waals surface area contributed by atoms with Crippen molar-refractivity contribution in [3.8, 4) is 40.1 Å². The third-order valence-corrected chi connectivity index (χ3v) is 8.20. The van der Waals surface area contributed by atoms with Crippen LogP contribution in [0.4, 0.5) is 4.79 Å². The molecule has 1 aromatic heterocycles. The van der Waals surface area contributed by atoms with E-state index in [1.807, 2.05) is 18.2 Å². The van der Waals surface area contributed by atoms with Crippen LogP contribution in [0.1, 0.15) is 24.5 Å². The maximum atomic E-state index is 14.0. The second-order valence-electron chi connectivity index (χ2n) is 9.79. The van der Waals surface area contributed by atoms with Gasteiger partial charge in [-0.2, -0.15) is 0 Å². The van der Waals surface area contributed by atoms with Crippen molar-refractivity contribution in [1.29, 1.82) is 0 Å². The molecule has 2 heterocycles. The van der Waals surface area contributed by atoms with Gasteiger partial charge in [0.2, 0.25) is 0 Å². The summed E-state index contributed by atoms with van der Waals surface area (Å²) in [6, 6.07) is 15.9. The number of rotatable bonds is 11. The van der Waals surface area contributed by atoms with E-state index in [2.05, 4.69) is 5.32 Å². The van der Waals surface area contributed by atoms with E-state index in [4.69, 9.17) is 28.1 Å². The number of hydrogen-bond acceptors (Lipinski definition) is 10. The summed E-state index contributed by atoms with van der Waals surface area (Å²) in [4.78, 5) is 37.9. The molecule has 44 heavy (non-hydrogen) atoms. The molecule has 0 unspecified atom stereocenters. The van der Waals surface area contributed by atoms with E-state index in [1.165, 1.54) is 14.2 Å². The number of fused-ring (bicyclic) bond motifs is 1. The van der Waals surface area contributed by atoms with Gasteiger partial charge >= 0.3 is 0 Å². The largest absolute Gasteiger partial charge is 0.496 e. The normalized spacial score (nSPS) is 13.9. The zero-order valence-electron chi connectivity index (χ0n) is 24.9. The molecule has 5 rings (SSSR count). The molecule has 4 aromatic rings. The number of nitrogens with one attached hydrogen (secondary N) is 1. The quantitative estimate of drug-likeness (QED) is 0.153. The molecule has 3 aromatic carbocycles. The summed E-state index contributed by atoms with van der Waals surface area (Å²) in [5.74, 6) is 2.54. The Morgan fingerprint density at radius 2 is 1.55 bits per heavy atom. The van der Waals surface area contributed by atoms with Crippen LogP contribution in [0.3, 0.4) is 0 Å². The Balaban J connectivity index is 1.41. The number of allylic oxidation sites excluding steroid dienone is 1. The lowest BCUT2D eigenvalue weighted by molar-refractivity contribution is -0.115. The number of thioether (sulfide) groups is 1. The van der Waals surface area contributed by atoms with Crippen molar-refractivity contribution in [1.82, 2.24) is 5.32 Å². The third-order valence-electron chi connectivity index (χ3n) is 7.21. The fourth-order valence-corrected chi connectivity index (χ4v) is 5.69. The van der Waals surface area contributed by atoms with Crippen LogP contribution in [0.5, 0.6) is 28.7 Å². The first-order valence-electron chi connectivity index (χ1n) is 13.7. The fraction of sp³-hybridized carbons (Fsp3) is 0.242. The van der Waals surface area contributed by atoms with E-state index in [-0.39, 0.29) is 16.6 Å². The van der Waals surface area contributed by atoms with Gasteiger partial charge in [-0.15, -0.1) is 0 Å². The van der Waals surface area contributed by atoms with Gasteiger partial charge in [-0.1, -0.05) is 12.1 Å². The van der Waals surface area contributed by atoms with E-state index in [9.17, 15) is 14.4 Å². The first-order chi connectivity index (χ1) is 21.3. The van der Waals surface area contributed by atoms with E-state index in [1.54, 1.807) is 57.5 Å². The van der Waals surface area contributed by atoms with Crippen LogP contribution < -0.4 is 34.4 Å². The van der Waals surface area contributed by atoms with Gasteiger partial charge < -0.3 is 28.1 Å². The first kappa shape index (κ1) is 30.6. The molecule has 0 spiro atoms. The van der Waals surface area contributed by atoms with Crippen molar-refractivity contribution < 1.29 is 37.7 Å². The van der Waals surface area contributed by atoms with Gasteiger partial charge in [-0.05, 0) is 73.0 Å². The van der Waals surface area contributed by atoms with E-state index >= 15 is 0 Å². The molecule has 1 aliphatic heterocycles. The second-order valence-corrected chi connectivity index (χ2v) is 10.8. The minimum atomic E-state index is -0.389. The highest BCUT2D eigenvalue weighted by Crippen LogP contribution is 2.37. The van der Waals surface area contributed by atoms with Crippen molar-refractivity contribution >= 4 is 39.5 Å². The van der Waals surface area contributed by atoms with Crippen LogP contribution in [0.25, 0.3) is 27.9 Å². The Hall–Kier alpha value is -4.90. The first-order valence-corrected chi connectivity index (χ1v) is 14.5. The summed E-state index contributed by atoms with van der Waals surface area (Å²) in [6.45, 7) is 2.13. The highest BCUT2D eigenvalue weighted by Gasteiger charge is 2.27. The van der Waals surface area contributed by atoms with Crippen LogP contribution in [-0.4, -0.2) is 46.2 Å². The number of amides is 2. The highest BCUT2D eigenvalue weighted by atomic mass is 32.2. The number of benzene rings is 3. The Kier molecular flexibility index (Phi) is 9.15. The fourth-order valence-electron chi connectivity index (χ4n) is 4.94. The maximum absolute atomic E-state index is 14.0. The summed E-state index contributed by atoms with van der Waals surface area (Å²) in [6.07, 6.45) is 0.875. The lowest BCUT2D eigenvalue weighted by Crippen LogP contribution is -2.18. The van der Waals surface area contributed by atoms with E-state index < -0.39 is 0 Å². The Morgan fingerprint density at radius 1 is 0.818 bits per heavy atom. The van der Waals surface area contributed by atoms with Crippen LogP contribution in [0.15, 0.2) is 68.7 Å². The molecule has 228 valence electrons. The summed E-state index contributed by atoms with van der Waals surface area (Å²) in [5.41, 5.74) is 2.76. The lowest BCUT2D eigenvalue weighted by atomic mass is 10.00.